The molecule has 0 aliphatic carbocycles. The fraction of sp³-hybridized carbons (Fsp3) is 0.0526. The van der Waals surface area contributed by atoms with Crippen LogP contribution in [0.5, 0.6) is 5.75 Å². The number of para-hydroxylation sites is 2. The standard InChI is InChI=1S/C38H29NOSi/c1-4-14-29(15-5-1)41(30-16-6-2-7-17-30,31-18-8-3-9-19-31)32-26-24-28(25-27-32)39-35-22-12-10-20-33(35)37-34-21-11-13-23-36(34)40-38(37)39/h1-27,37-38H. The van der Waals surface area contributed by atoms with Crippen LogP contribution in [0.1, 0.15) is 17.0 Å². The Hall–Kier alpha value is -4.86. The predicted octanol–water partition coefficient (Wildman–Crippen LogP) is 6.07. The Bertz CT molecular complexity index is 1720. The maximum atomic E-state index is 6.62. The summed E-state index contributed by atoms with van der Waals surface area (Å²) in [4.78, 5) is 2.39. The van der Waals surface area contributed by atoms with Crippen molar-refractivity contribution < 1.29 is 4.74 Å². The molecular weight excluding hydrogens is 515 g/mol. The lowest BCUT2D eigenvalue weighted by atomic mass is 9.93. The number of fused-ring (bicyclic) bond motifs is 5. The Morgan fingerprint density at radius 1 is 0.439 bits per heavy atom. The van der Waals surface area contributed by atoms with Crippen LogP contribution in [0.2, 0.25) is 0 Å². The topological polar surface area (TPSA) is 12.5 Å². The highest BCUT2D eigenvalue weighted by Gasteiger charge is 2.47. The first-order valence-electron chi connectivity index (χ1n) is 14.3. The molecular formula is C38H29NOSi. The summed E-state index contributed by atoms with van der Waals surface area (Å²) in [6, 6.07) is 59.8. The molecule has 6 aromatic rings. The molecule has 196 valence electrons. The van der Waals surface area contributed by atoms with Gasteiger partial charge in [0, 0.05) is 16.9 Å². The maximum Gasteiger partial charge on any atom is 0.187 e. The molecule has 0 fully saturated rings. The summed E-state index contributed by atoms with van der Waals surface area (Å²) in [6.07, 6.45) is -0.0879. The van der Waals surface area contributed by atoms with E-state index >= 15 is 0 Å². The smallest absolute Gasteiger partial charge is 0.187 e. The predicted molar refractivity (Wildman–Crippen MR) is 171 cm³/mol. The van der Waals surface area contributed by atoms with Crippen molar-refractivity contribution in [3.63, 3.8) is 0 Å². The minimum atomic E-state index is -2.56. The Morgan fingerprint density at radius 3 is 1.49 bits per heavy atom. The molecule has 2 nitrogen and oxygen atoms in total. The van der Waals surface area contributed by atoms with E-state index in [1.807, 2.05) is 0 Å². The molecule has 6 aromatic carbocycles. The molecule has 41 heavy (non-hydrogen) atoms. The van der Waals surface area contributed by atoms with Gasteiger partial charge in [-0.2, -0.15) is 0 Å². The molecule has 2 unspecified atom stereocenters. The summed E-state index contributed by atoms with van der Waals surface area (Å²) in [5, 5.41) is 5.51. The van der Waals surface area contributed by atoms with Gasteiger partial charge in [-0.15, -0.1) is 0 Å². The highest BCUT2D eigenvalue weighted by atomic mass is 28.3. The first kappa shape index (κ1) is 24.0. The van der Waals surface area contributed by atoms with Gasteiger partial charge < -0.3 is 9.64 Å². The molecule has 0 N–H and O–H groups in total. The molecule has 0 spiro atoms. The van der Waals surface area contributed by atoms with E-state index < -0.39 is 8.07 Å². The highest BCUT2D eigenvalue weighted by molar-refractivity contribution is 7.19. The lowest BCUT2D eigenvalue weighted by Gasteiger charge is -2.35. The van der Waals surface area contributed by atoms with Crippen molar-refractivity contribution in [1.29, 1.82) is 0 Å². The van der Waals surface area contributed by atoms with Gasteiger partial charge in [-0.3, -0.25) is 0 Å². The summed E-state index contributed by atoms with van der Waals surface area (Å²) in [6.45, 7) is 0. The van der Waals surface area contributed by atoms with E-state index in [2.05, 4.69) is 169 Å². The fourth-order valence-electron chi connectivity index (χ4n) is 7.05. The van der Waals surface area contributed by atoms with Crippen LogP contribution in [-0.4, -0.2) is 14.3 Å². The highest BCUT2D eigenvalue weighted by Crippen LogP contribution is 2.54. The first-order valence-corrected chi connectivity index (χ1v) is 16.3. The van der Waals surface area contributed by atoms with Gasteiger partial charge in [0.1, 0.15) is 5.75 Å². The quantitative estimate of drug-likeness (QED) is 0.193. The third kappa shape index (κ3) is 3.63. The van der Waals surface area contributed by atoms with Gasteiger partial charge in [-0.1, -0.05) is 140 Å². The summed E-state index contributed by atoms with van der Waals surface area (Å²) in [5.41, 5.74) is 4.97. The van der Waals surface area contributed by atoms with Crippen molar-refractivity contribution in [2.75, 3.05) is 4.90 Å². The number of ether oxygens (including phenoxy) is 1. The monoisotopic (exact) mass is 543 g/mol. The average molecular weight is 544 g/mol. The number of hydrogen-bond acceptors (Lipinski definition) is 2. The molecule has 0 bridgehead atoms. The van der Waals surface area contributed by atoms with E-state index in [1.54, 1.807) is 0 Å². The van der Waals surface area contributed by atoms with E-state index in [1.165, 1.54) is 37.6 Å². The fourth-order valence-corrected chi connectivity index (χ4v) is 11.8. The number of rotatable bonds is 5. The van der Waals surface area contributed by atoms with Gasteiger partial charge in [0.25, 0.3) is 0 Å². The van der Waals surface area contributed by atoms with Crippen LogP contribution < -0.4 is 30.4 Å². The molecule has 0 saturated carbocycles. The SMILES string of the molecule is c1ccc([Si](c2ccccc2)(c2ccccc2)c2ccc(N3c4ccccc4C4c5ccccc5OC43)cc2)cc1. The van der Waals surface area contributed by atoms with E-state index in [4.69, 9.17) is 4.74 Å². The van der Waals surface area contributed by atoms with Crippen LogP contribution in [-0.2, 0) is 0 Å². The van der Waals surface area contributed by atoms with Crippen LogP contribution in [0.15, 0.2) is 164 Å². The van der Waals surface area contributed by atoms with Gasteiger partial charge in [0.15, 0.2) is 14.3 Å². The van der Waals surface area contributed by atoms with Crippen molar-refractivity contribution in [3.05, 3.63) is 175 Å². The van der Waals surface area contributed by atoms with Crippen molar-refractivity contribution in [2.24, 2.45) is 0 Å². The molecule has 2 aliphatic heterocycles. The first-order chi connectivity index (χ1) is 20.4. The Balaban J connectivity index is 1.30. The van der Waals surface area contributed by atoms with Crippen LogP contribution in [0.25, 0.3) is 0 Å². The Morgan fingerprint density at radius 2 is 0.902 bits per heavy atom. The van der Waals surface area contributed by atoms with E-state index in [9.17, 15) is 0 Å². The molecule has 8 rings (SSSR count). The number of nitrogens with zero attached hydrogens (tertiary/aromatic N) is 1. The second-order valence-corrected chi connectivity index (χ2v) is 14.7. The molecule has 2 heterocycles. The van der Waals surface area contributed by atoms with Crippen molar-refractivity contribution in [1.82, 2.24) is 0 Å². The Labute approximate surface area is 242 Å². The molecule has 2 aliphatic rings. The van der Waals surface area contributed by atoms with E-state index in [0.29, 0.717) is 0 Å². The maximum absolute atomic E-state index is 6.62. The van der Waals surface area contributed by atoms with Gasteiger partial charge >= 0.3 is 0 Å². The van der Waals surface area contributed by atoms with Gasteiger partial charge in [-0.05, 0) is 50.6 Å². The van der Waals surface area contributed by atoms with Gasteiger partial charge in [0.05, 0.1) is 5.92 Å². The zero-order chi connectivity index (χ0) is 27.2. The zero-order valence-electron chi connectivity index (χ0n) is 22.6. The second kappa shape index (κ2) is 9.65. The van der Waals surface area contributed by atoms with Crippen molar-refractivity contribution >= 4 is 40.2 Å². The van der Waals surface area contributed by atoms with Crippen LogP contribution in [0.4, 0.5) is 11.4 Å². The van der Waals surface area contributed by atoms with Crippen molar-refractivity contribution in [3.8, 4) is 5.75 Å². The summed E-state index contributed by atoms with van der Waals surface area (Å²) >= 11 is 0. The third-order valence-corrected chi connectivity index (χ3v) is 13.6. The zero-order valence-corrected chi connectivity index (χ0v) is 23.6. The molecule has 3 heteroatoms. The van der Waals surface area contributed by atoms with Crippen LogP contribution in [0.3, 0.4) is 0 Å². The molecule has 0 aromatic heterocycles. The molecule has 0 saturated heterocycles. The van der Waals surface area contributed by atoms with E-state index in [-0.39, 0.29) is 12.1 Å². The van der Waals surface area contributed by atoms with Crippen LogP contribution in [0, 0.1) is 0 Å². The summed E-state index contributed by atoms with van der Waals surface area (Å²) < 4.78 is 6.62. The Kier molecular flexibility index (Phi) is 5.64. The van der Waals surface area contributed by atoms with Crippen molar-refractivity contribution in [2.45, 2.75) is 12.1 Å². The molecule has 0 radical (unpaired) electrons. The van der Waals surface area contributed by atoms with Gasteiger partial charge in [-0.25, -0.2) is 0 Å². The largest absolute Gasteiger partial charge is 0.469 e. The van der Waals surface area contributed by atoms with E-state index in [0.717, 1.165) is 11.4 Å². The molecule has 2 atom stereocenters. The molecule has 0 amide bonds. The lowest BCUT2D eigenvalue weighted by Crippen LogP contribution is -2.74. The lowest BCUT2D eigenvalue weighted by molar-refractivity contribution is 0.234. The summed E-state index contributed by atoms with van der Waals surface area (Å²) in [7, 11) is -2.56. The minimum absolute atomic E-state index is 0.0879. The third-order valence-electron chi connectivity index (χ3n) is 8.77. The summed E-state index contributed by atoms with van der Waals surface area (Å²) in [5.74, 6) is 1.19. The van der Waals surface area contributed by atoms with Crippen LogP contribution >= 0.6 is 0 Å². The number of benzene rings is 6. The number of anilines is 2. The van der Waals surface area contributed by atoms with Gasteiger partial charge in [0.2, 0.25) is 0 Å². The normalized spacial score (nSPS) is 16.9. The average Bonchev–Trinajstić information content (AvgIpc) is 3.58. The second-order valence-electron chi connectivity index (χ2n) is 10.8. The minimum Gasteiger partial charge on any atom is -0.469 e. The number of hydrogen-bond donors (Lipinski definition) is 0.